The summed E-state index contributed by atoms with van der Waals surface area (Å²) in [4.78, 5) is 22.7. The van der Waals surface area contributed by atoms with Gasteiger partial charge in [0.1, 0.15) is 0 Å². The van der Waals surface area contributed by atoms with Crippen molar-refractivity contribution in [2.75, 3.05) is 11.9 Å². The van der Waals surface area contributed by atoms with Crippen LogP contribution >= 0.6 is 0 Å². The second-order valence-electron chi connectivity index (χ2n) is 5.42. The second kappa shape index (κ2) is 6.33. The lowest BCUT2D eigenvalue weighted by Crippen LogP contribution is -2.37. The van der Waals surface area contributed by atoms with E-state index < -0.39 is 5.91 Å². The lowest BCUT2D eigenvalue weighted by atomic mass is 10.1. The van der Waals surface area contributed by atoms with Crippen LogP contribution in [0, 0.1) is 0 Å². The van der Waals surface area contributed by atoms with Crippen LogP contribution in [0.5, 0.6) is 0 Å². The van der Waals surface area contributed by atoms with Crippen LogP contribution < -0.4 is 16.4 Å². The van der Waals surface area contributed by atoms with Crippen LogP contribution in [0.1, 0.15) is 37.6 Å². The fraction of sp³-hybridized carbons (Fsp3) is 0.429. The summed E-state index contributed by atoms with van der Waals surface area (Å²) in [5.74, 6) is -0.608. The van der Waals surface area contributed by atoms with Crippen molar-refractivity contribution in [3.63, 3.8) is 0 Å². The summed E-state index contributed by atoms with van der Waals surface area (Å²) in [6.45, 7) is 6.73. The van der Waals surface area contributed by atoms with Crippen LogP contribution in [0.4, 0.5) is 5.69 Å². The molecule has 0 aliphatic heterocycles. The third kappa shape index (κ3) is 6.01. The maximum Gasteiger partial charge on any atom is 0.248 e. The molecule has 5 heteroatoms. The van der Waals surface area contributed by atoms with Gasteiger partial charge < -0.3 is 16.4 Å². The Hall–Kier alpha value is -1.88. The van der Waals surface area contributed by atoms with E-state index in [-0.39, 0.29) is 11.4 Å². The van der Waals surface area contributed by atoms with Crippen molar-refractivity contribution in [1.29, 1.82) is 0 Å². The molecule has 0 aliphatic rings. The van der Waals surface area contributed by atoms with Crippen molar-refractivity contribution < 1.29 is 9.59 Å². The Kier molecular flexibility index (Phi) is 5.06. The van der Waals surface area contributed by atoms with Gasteiger partial charge in [-0.3, -0.25) is 9.59 Å². The van der Waals surface area contributed by atoms with Gasteiger partial charge in [0, 0.05) is 29.8 Å². The monoisotopic (exact) mass is 263 g/mol. The van der Waals surface area contributed by atoms with E-state index in [4.69, 9.17) is 5.73 Å². The summed E-state index contributed by atoms with van der Waals surface area (Å²) in [6, 6.07) is 6.58. The summed E-state index contributed by atoms with van der Waals surface area (Å²) in [5.41, 5.74) is 6.13. The predicted molar refractivity (Wildman–Crippen MR) is 76.0 cm³/mol. The third-order valence-electron chi connectivity index (χ3n) is 2.44. The number of primary amides is 1. The summed E-state index contributed by atoms with van der Waals surface area (Å²) in [5, 5.41) is 5.97. The maximum atomic E-state index is 11.7. The van der Waals surface area contributed by atoms with Gasteiger partial charge in [0.2, 0.25) is 11.8 Å². The molecule has 1 rings (SSSR count). The highest BCUT2D eigenvalue weighted by Gasteiger charge is 2.10. The first-order valence-corrected chi connectivity index (χ1v) is 6.23. The molecule has 104 valence electrons. The Morgan fingerprint density at radius 2 is 1.95 bits per heavy atom. The Morgan fingerprint density at radius 1 is 1.26 bits per heavy atom. The third-order valence-corrected chi connectivity index (χ3v) is 2.44. The largest absolute Gasteiger partial charge is 0.366 e. The van der Waals surface area contributed by atoms with Gasteiger partial charge in [-0.2, -0.15) is 0 Å². The molecule has 5 nitrogen and oxygen atoms in total. The van der Waals surface area contributed by atoms with Crippen molar-refractivity contribution in [2.24, 2.45) is 5.73 Å². The number of hydrogen-bond acceptors (Lipinski definition) is 3. The van der Waals surface area contributed by atoms with E-state index in [1.165, 1.54) is 0 Å². The molecule has 0 heterocycles. The minimum Gasteiger partial charge on any atom is -0.366 e. The van der Waals surface area contributed by atoms with Crippen LogP contribution in [-0.4, -0.2) is 23.9 Å². The fourth-order valence-electron chi connectivity index (χ4n) is 1.52. The molecule has 19 heavy (non-hydrogen) atoms. The average molecular weight is 263 g/mol. The highest BCUT2D eigenvalue weighted by atomic mass is 16.2. The van der Waals surface area contributed by atoms with Gasteiger partial charge in [-0.25, -0.2) is 0 Å². The minimum atomic E-state index is -0.509. The SMILES string of the molecule is CC(C)(C)NCCC(=O)Nc1cccc(C(N)=O)c1. The highest BCUT2D eigenvalue weighted by molar-refractivity contribution is 5.96. The molecule has 0 atom stereocenters. The molecule has 0 spiro atoms. The molecule has 0 unspecified atom stereocenters. The molecule has 0 saturated carbocycles. The summed E-state index contributed by atoms with van der Waals surface area (Å²) in [6.07, 6.45) is 0.373. The molecule has 4 N–H and O–H groups in total. The van der Waals surface area contributed by atoms with E-state index in [2.05, 4.69) is 10.6 Å². The van der Waals surface area contributed by atoms with Gasteiger partial charge >= 0.3 is 0 Å². The molecule has 0 saturated heterocycles. The predicted octanol–water partition coefficient (Wildman–Crippen LogP) is 1.50. The molecule has 1 aromatic rings. The number of nitrogens with two attached hydrogens (primary N) is 1. The van der Waals surface area contributed by atoms with E-state index in [0.29, 0.717) is 24.2 Å². The number of nitrogens with one attached hydrogen (secondary N) is 2. The van der Waals surface area contributed by atoms with E-state index in [9.17, 15) is 9.59 Å². The maximum absolute atomic E-state index is 11.7. The van der Waals surface area contributed by atoms with Crippen molar-refractivity contribution in [3.05, 3.63) is 29.8 Å². The Bertz CT molecular complexity index is 464. The molecule has 0 fully saturated rings. The van der Waals surface area contributed by atoms with Crippen molar-refractivity contribution >= 4 is 17.5 Å². The van der Waals surface area contributed by atoms with Gasteiger partial charge in [-0.1, -0.05) is 6.07 Å². The molecule has 1 aromatic carbocycles. The summed E-state index contributed by atoms with van der Waals surface area (Å²) < 4.78 is 0. The molecular formula is C14H21N3O2. The number of anilines is 1. The standard InChI is InChI=1S/C14H21N3O2/c1-14(2,3)16-8-7-12(18)17-11-6-4-5-10(9-11)13(15)19/h4-6,9,16H,7-8H2,1-3H3,(H2,15,19)(H,17,18). The van der Waals surface area contributed by atoms with E-state index >= 15 is 0 Å². The van der Waals surface area contributed by atoms with Gasteiger partial charge in [0.25, 0.3) is 0 Å². The number of carbonyl (C=O) groups is 2. The Balaban J connectivity index is 2.48. The van der Waals surface area contributed by atoms with Crippen LogP contribution in [0.3, 0.4) is 0 Å². The van der Waals surface area contributed by atoms with E-state index in [1.807, 2.05) is 20.8 Å². The van der Waals surface area contributed by atoms with Gasteiger partial charge in [-0.15, -0.1) is 0 Å². The van der Waals surface area contributed by atoms with Gasteiger partial charge in [0.15, 0.2) is 0 Å². The van der Waals surface area contributed by atoms with Crippen LogP contribution in [0.25, 0.3) is 0 Å². The second-order valence-corrected chi connectivity index (χ2v) is 5.42. The minimum absolute atomic E-state index is 0.00777. The first kappa shape index (κ1) is 15.2. The van der Waals surface area contributed by atoms with Crippen LogP contribution in [-0.2, 0) is 4.79 Å². The molecule has 0 radical (unpaired) electrons. The van der Waals surface area contributed by atoms with Gasteiger partial charge in [-0.05, 0) is 39.0 Å². The number of carbonyl (C=O) groups excluding carboxylic acids is 2. The highest BCUT2D eigenvalue weighted by Crippen LogP contribution is 2.10. The number of benzene rings is 1. The van der Waals surface area contributed by atoms with Crippen molar-refractivity contribution in [2.45, 2.75) is 32.7 Å². The van der Waals surface area contributed by atoms with Gasteiger partial charge in [0.05, 0.1) is 0 Å². The summed E-state index contributed by atoms with van der Waals surface area (Å²) in [7, 11) is 0. The van der Waals surface area contributed by atoms with Crippen molar-refractivity contribution in [1.82, 2.24) is 5.32 Å². The lowest BCUT2D eigenvalue weighted by molar-refractivity contribution is -0.116. The van der Waals surface area contributed by atoms with Crippen LogP contribution in [0.2, 0.25) is 0 Å². The summed E-state index contributed by atoms with van der Waals surface area (Å²) >= 11 is 0. The number of rotatable bonds is 5. The Morgan fingerprint density at radius 3 is 2.53 bits per heavy atom. The first-order chi connectivity index (χ1) is 8.78. The molecule has 0 bridgehead atoms. The number of hydrogen-bond donors (Lipinski definition) is 3. The number of amides is 2. The fourth-order valence-corrected chi connectivity index (χ4v) is 1.52. The molecule has 0 aliphatic carbocycles. The zero-order valence-corrected chi connectivity index (χ0v) is 11.6. The van der Waals surface area contributed by atoms with Crippen LogP contribution in [0.15, 0.2) is 24.3 Å². The van der Waals surface area contributed by atoms with E-state index in [1.54, 1.807) is 24.3 Å². The first-order valence-electron chi connectivity index (χ1n) is 6.23. The Labute approximate surface area is 113 Å². The lowest BCUT2D eigenvalue weighted by Gasteiger charge is -2.20. The average Bonchev–Trinajstić information content (AvgIpc) is 2.27. The van der Waals surface area contributed by atoms with E-state index in [0.717, 1.165) is 0 Å². The smallest absolute Gasteiger partial charge is 0.248 e. The van der Waals surface area contributed by atoms with Crippen molar-refractivity contribution in [3.8, 4) is 0 Å². The zero-order chi connectivity index (χ0) is 14.5. The normalized spacial score (nSPS) is 11.1. The molecular weight excluding hydrogens is 242 g/mol. The quantitative estimate of drug-likeness (QED) is 0.752. The molecule has 2 amide bonds. The topological polar surface area (TPSA) is 84.2 Å². The molecule has 0 aromatic heterocycles. The zero-order valence-electron chi connectivity index (χ0n) is 11.6.